The van der Waals surface area contributed by atoms with E-state index in [1.165, 1.54) is 4.90 Å². The van der Waals surface area contributed by atoms with Crippen LogP contribution in [0.25, 0.3) is 0 Å². The Hall–Kier alpha value is -0.550. The highest BCUT2D eigenvalue weighted by Gasteiger charge is 2.38. The molecule has 0 spiro atoms. The van der Waals surface area contributed by atoms with E-state index in [4.69, 9.17) is 0 Å². The molecule has 1 fully saturated rings. The lowest BCUT2D eigenvalue weighted by molar-refractivity contribution is -0.138. The van der Waals surface area contributed by atoms with Gasteiger partial charge >= 0.3 is 0 Å². The maximum absolute atomic E-state index is 12.2. The van der Waals surface area contributed by atoms with Gasteiger partial charge in [0.25, 0.3) is 0 Å². The Labute approximate surface area is 139 Å². The zero-order valence-corrected chi connectivity index (χ0v) is 15.5. The fourth-order valence-electron chi connectivity index (χ4n) is 2.46. The summed E-state index contributed by atoms with van der Waals surface area (Å²) >= 11 is 1.61. The van der Waals surface area contributed by atoms with E-state index in [0.717, 1.165) is 25.8 Å². The molecular weight excluding hydrogens is 296 g/mol. The third-order valence-corrected chi connectivity index (χ3v) is 5.40. The van der Waals surface area contributed by atoms with Crippen LogP contribution in [0.15, 0.2) is 0 Å². The van der Waals surface area contributed by atoms with Crippen molar-refractivity contribution in [1.82, 2.24) is 10.2 Å². The maximum Gasteiger partial charge on any atom is 0.242 e. The lowest BCUT2D eigenvalue weighted by atomic mass is 10.1. The summed E-state index contributed by atoms with van der Waals surface area (Å²) in [7, 11) is 0. The molecule has 0 aromatic rings. The van der Waals surface area contributed by atoms with Crippen molar-refractivity contribution in [2.24, 2.45) is 5.92 Å². The van der Waals surface area contributed by atoms with Crippen LogP contribution in [0.1, 0.15) is 60.3 Å². The SMILES string of the molecule is CC(C)SC1CC(=O)N(CCCCCNC(C)C(C)C)C1=O. The molecule has 1 aliphatic heterocycles. The van der Waals surface area contributed by atoms with E-state index in [1.807, 2.05) is 0 Å². The van der Waals surface area contributed by atoms with Gasteiger partial charge in [-0.15, -0.1) is 11.8 Å². The molecule has 2 atom stereocenters. The molecule has 4 nitrogen and oxygen atoms in total. The van der Waals surface area contributed by atoms with Crippen molar-refractivity contribution in [3.05, 3.63) is 0 Å². The van der Waals surface area contributed by atoms with Crippen LogP contribution in [-0.2, 0) is 9.59 Å². The second-order valence-corrected chi connectivity index (χ2v) is 8.59. The molecular formula is C17H32N2O2S. The Kier molecular flexibility index (Phi) is 8.47. The fraction of sp³-hybridized carbons (Fsp3) is 0.882. The van der Waals surface area contributed by atoms with Gasteiger partial charge in [0.2, 0.25) is 11.8 Å². The van der Waals surface area contributed by atoms with Crippen molar-refractivity contribution in [1.29, 1.82) is 0 Å². The van der Waals surface area contributed by atoms with Gasteiger partial charge in [-0.3, -0.25) is 14.5 Å². The molecule has 1 rings (SSSR count). The second-order valence-electron chi connectivity index (χ2n) is 6.81. The van der Waals surface area contributed by atoms with Gasteiger partial charge in [-0.25, -0.2) is 0 Å². The first-order valence-corrected chi connectivity index (χ1v) is 9.50. The average Bonchev–Trinajstić information content (AvgIpc) is 2.68. The van der Waals surface area contributed by atoms with Crippen LogP contribution in [0.3, 0.4) is 0 Å². The molecule has 0 aromatic carbocycles. The van der Waals surface area contributed by atoms with Crippen molar-refractivity contribution < 1.29 is 9.59 Å². The van der Waals surface area contributed by atoms with Gasteiger partial charge in [-0.1, -0.05) is 34.1 Å². The van der Waals surface area contributed by atoms with E-state index < -0.39 is 0 Å². The summed E-state index contributed by atoms with van der Waals surface area (Å²) in [4.78, 5) is 25.6. The molecule has 5 heteroatoms. The zero-order valence-electron chi connectivity index (χ0n) is 14.7. The van der Waals surface area contributed by atoms with Gasteiger partial charge in [0.05, 0.1) is 5.25 Å². The van der Waals surface area contributed by atoms with Gasteiger partial charge in [0.15, 0.2) is 0 Å². The third-order valence-electron chi connectivity index (χ3n) is 4.16. The first kappa shape index (κ1) is 19.5. The van der Waals surface area contributed by atoms with E-state index in [-0.39, 0.29) is 17.1 Å². The van der Waals surface area contributed by atoms with Gasteiger partial charge in [-0.2, -0.15) is 0 Å². The summed E-state index contributed by atoms with van der Waals surface area (Å²) in [5.41, 5.74) is 0. The van der Waals surface area contributed by atoms with E-state index in [0.29, 0.717) is 30.2 Å². The highest BCUT2D eigenvalue weighted by atomic mass is 32.2. The molecule has 2 unspecified atom stereocenters. The molecule has 0 aliphatic carbocycles. The molecule has 1 N–H and O–H groups in total. The Bertz CT molecular complexity index is 372. The van der Waals surface area contributed by atoms with Crippen molar-refractivity contribution in [2.75, 3.05) is 13.1 Å². The summed E-state index contributed by atoms with van der Waals surface area (Å²) < 4.78 is 0. The standard InChI is InChI=1S/C17H32N2O2S/c1-12(2)14(5)18-9-7-6-8-10-19-16(20)11-15(17(19)21)22-13(3)4/h12-15,18H,6-11H2,1-5H3. The predicted molar refractivity (Wildman–Crippen MR) is 94.0 cm³/mol. The van der Waals surface area contributed by atoms with Crippen molar-refractivity contribution in [3.8, 4) is 0 Å². The van der Waals surface area contributed by atoms with Crippen LogP contribution >= 0.6 is 11.8 Å². The predicted octanol–water partition coefficient (Wildman–Crippen LogP) is 3.06. The number of hydrogen-bond acceptors (Lipinski definition) is 4. The Balaban J connectivity index is 2.19. The van der Waals surface area contributed by atoms with Crippen LogP contribution < -0.4 is 5.32 Å². The van der Waals surface area contributed by atoms with Crippen molar-refractivity contribution in [3.63, 3.8) is 0 Å². The number of carbonyl (C=O) groups excluding carboxylic acids is 2. The molecule has 2 amide bonds. The maximum atomic E-state index is 12.2. The van der Waals surface area contributed by atoms with E-state index in [9.17, 15) is 9.59 Å². The number of imide groups is 1. The van der Waals surface area contributed by atoms with E-state index >= 15 is 0 Å². The van der Waals surface area contributed by atoms with Crippen LogP contribution in [0, 0.1) is 5.92 Å². The number of likely N-dealkylation sites (tertiary alicyclic amines) is 1. The average molecular weight is 329 g/mol. The number of unbranched alkanes of at least 4 members (excludes halogenated alkanes) is 2. The molecule has 0 saturated carbocycles. The smallest absolute Gasteiger partial charge is 0.242 e. The number of carbonyl (C=O) groups is 2. The minimum atomic E-state index is -0.152. The zero-order chi connectivity index (χ0) is 16.7. The Morgan fingerprint density at radius 3 is 2.41 bits per heavy atom. The number of amides is 2. The summed E-state index contributed by atoms with van der Waals surface area (Å²) in [6, 6.07) is 0.538. The highest BCUT2D eigenvalue weighted by Crippen LogP contribution is 2.28. The third kappa shape index (κ3) is 6.29. The quantitative estimate of drug-likeness (QED) is 0.495. The first-order chi connectivity index (χ1) is 10.3. The lowest BCUT2D eigenvalue weighted by Crippen LogP contribution is -2.33. The first-order valence-electron chi connectivity index (χ1n) is 8.56. The van der Waals surface area contributed by atoms with Crippen molar-refractivity contribution in [2.45, 2.75) is 76.8 Å². The molecule has 1 aliphatic rings. The van der Waals surface area contributed by atoms with Crippen LogP contribution in [0.2, 0.25) is 0 Å². The molecule has 1 saturated heterocycles. The molecule has 0 bridgehead atoms. The van der Waals surface area contributed by atoms with Gasteiger partial charge < -0.3 is 5.32 Å². The highest BCUT2D eigenvalue weighted by molar-refractivity contribution is 8.01. The van der Waals surface area contributed by atoms with E-state index in [2.05, 4.69) is 39.9 Å². The van der Waals surface area contributed by atoms with Gasteiger partial charge in [-0.05, 0) is 37.5 Å². The van der Waals surface area contributed by atoms with Gasteiger partial charge in [0.1, 0.15) is 0 Å². The summed E-state index contributed by atoms with van der Waals surface area (Å²) in [5, 5.41) is 3.74. The molecule has 0 aromatic heterocycles. The molecule has 0 radical (unpaired) electrons. The van der Waals surface area contributed by atoms with E-state index in [1.54, 1.807) is 11.8 Å². The molecule has 1 heterocycles. The van der Waals surface area contributed by atoms with Crippen molar-refractivity contribution >= 4 is 23.6 Å². The topological polar surface area (TPSA) is 49.4 Å². The number of rotatable bonds is 10. The summed E-state index contributed by atoms with van der Waals surface area (Å²) in [6.07, 6.45) is 3.44. The van der Waals surface area contributed by atoms with Crippen LogP contribution in [0.5, 0.6) is 0 Å². The molecule has 22 heavy (non-hydrogen) atoms. The normalized spacial score (nSPS) is 20.5. The minimum Gasteiger partial charge on any atom is -0.314 e. The number of nitrogens with one attached hydrogen (secondary N) is 1. The largest absolute Gasteiger partial charge is 0.314 e. The number of thioether (sulfide) groups is 1. The Morgan fingerprint density at radius 1 is 1.14 bits per heavy atom. The number of nitrogens with zero attached hydrogens (tertiary/aromatic N) is 1. The lowest BCUT2D eigenvalue weighted by Gasteiger charge is -2.18. The fourth-order valence-corrected chi connectivity index (χ4v) is 3.60. The second kappa shape index (κ2) is 9.56. The summed E-state index contributed by atoms with van der Waals surface area (Å²) in [5.74, 6) is 0.681. The summed E-state index contributed by atoms with van der Waals surface area (Å²) in [6.45, 7) is 12.4. The molecule has 128 valence electrons. The monoisotopic (exact) mass is 328 g/mol. The minimum absolute atomic E-state index is 0.00899. The van der Waals surface area contributed by atoms with Gasteiger partial charge in [0, 0.05) is 19.0 Å². The number of hydrogen-bond donors (Lipinski definition) is 1. The Morgan fingerprint density at radius 2 is 1.82 bits per heavy atom. The van der Waals surface area contributed by atoms with Crippen LogP contribution in [-0.4, -0.2) is 46.3 Å². The van der Waals surface area contributed by atoms with Crippen LogP contribution in [0.4, 0.5) is 0 Å².